The molecule has 0 saturated carbocycles. The predicted molar refractivity (Wildman–Crippen MR) is 97.0 cm³/mol. The van der Waals surface area contributed by atoms with Crippen molar-refractivity contribution in [2.75, 3.05) is 20.3 Å². The van der Waals surface area contributed by atoms with Gasteiger partial charge in [-0.25, -0.2) is 4.98 Å². The van der Waals surface area contributed by atoms with Gasteiger partial charge in [0.25, 0.3) is 5.88 Å². The van der Waals surface area contributed by atoms with E-state index in [1.807, 2.05) is 36.4 Å². The summed E-state index contributed by atoms with van der Waals surface area (Å²) in [5.41, 5.74) is 1.89. The van der Waals surface area contributed by atoms with E-state index in [9.17, 15) is 0 Å². The summed E-state index contributed by atoms with van der Waals surface area (Å²) in [5.74, 6) is 2.13. The summed E-state index contributed by atoms with van der Waals surface area (Å²) >= 11 is 0. The fourth-order valence-corrected chi connectivity index (χ4v) is 2.20. The second kappa shape index (κ2) is 9.81. The van der Waals surface area contributed by atoms with Gasteiger partial charge in [0.1, 0.15) is 5.75 Å². The van der Waals surface area contributed by atoms with Crippen LogP contribution in [0.2, 0.25) is 0 Å². The highest BCUT2D eigenvalue weighted by molar-refractivity contribution is 5.62. The summed E-state index contributed by atoms with van der Waals surface area (Å²) in [7, 11) is 1.66. The van der Waals surface area contributed by atoms with Gasteiger partial charge in [-0.05, 0) is 49.2 Å². The summed E-state index contributed by atoms with van der Waals surface area (Å²) in [5, 5.41) is 0. The van der Waals surface area contributed by atoms with Gasteiger partial charge in [0.15, 0.2) is 5.75 Å². The molecule has 0 aliphatic heterocycles. The molecule has 4 heteroatoms. The number of unbranched alkanes of at least 4 members (excludes halogenated alkanes) is 2. The van der Waals surface area contributed by atoms with E-state index in [2.05, 4.69) is 18.8 Å². The Morgan fingerprint density at radius 3 is 2.12 bits per heavy atom. The van der Waals surface area contributed by atoms with Gasteiger partial charge in [-0.3, -0.25) is 0 Å². The molecule has 0 unspecified atom stereocenters. The molecule has 0 spiro atoms. The van der Waals surface area contributed by atoms with E-state index in [1.165, 1.54) is 0 Å². The van der Waals surface area contributed by atoms with Crippen LogP contribution in [0, 0.1) is 0 Å². The summed E-state index contributed by atoms with van der Waals surface area (Å²) in [6.07, 6.45) is 4.21. The van der Waals surface area contributed by atoms with Gasteiger partial charge >= 0.3 is 0 Å². The maximum Gasteiger partial charge on any atom is 0.257 e. The van der Waals surface area contributed by atoms with Crippen molar-refractivity contribution in [2.45, 2.75) is 39.5 Å². The summed E-state index contributed by atoms with van der Waals surface area (Å²) in [6, 6.07) is 11.8. The van der Waals surface area contributed by atoms with Gasteiger partial charge in [0, 0.05) is 5.56 Å². The van der Waals surface area contributed by atoms with Crippen molar-refractivity contribution in [2.24, 2.45) is 0 Å². The fraction of sp³-hybridized carbons (Fsp3) is 0.450. The van der Waals surface area contributed by atoms with Crippen molar-refractivity contribution in [1.82, 2.24) is 4.98 Å². The van der Waals surface area contributed by atoms with Crippen molar-refractivity contribution < 1.29 is 14.2 Å². The minimum absolute atomic E-state index is 0.577. The molecule has 1 aromatic carbocycles. The number of rotatable bonds is 10. The van der Waals surface area contributed by atoms with Crippen molar-refractivity contribution in [3.05, 3.63) is 36.4 Å². The molecule has 0 radical (unpaired) electrons. The van der Waals surface area contributed by atoms with Crippen molar-refractivity contribution in [3.63, 3.8) is 0 Å². The van der Waals surface area contributed by atoms with E-state index >= 15 is 0 Å². The van der Waals surface area contributed by atoms with Crippen LogP contribution in [0.4, 0.5) is 0 Å². The van der Waals surface area contributed by atoms with E-state index in [4.69, 9.17) is 14.2 Å². The highest BCUT2D eigenvalue weighted by atomic mass is 16.5. The molecule has 4 nitrogen and oxygen atoms in total. The molecule has 0 bridgehead atoms. The highest BCUT2D eigenvalue weighted by Crippen LogP contribution is 2.30. The first kappa shape index (κ1) is 18.1. The lowest BCUT2D eigenvalue weighted by atomic mass is 10.1. The van der Waals surface area contributed by atoms with Crippen molar-refractivity contribution in [1.29, 1.82) is 0 Å². The Balaban J connectivity index is 2.20. The third kappa shape index (κ3) is 5.15. The molecule has 24 heavy (non-hydrogen) atoms. The average Bonchev–Trinajstić information content (AvgIpc) is 2.63. The number of methoxy groups -OCH3 is 1. The van der Waals surface area contributed by atoms with Gasteiger partial charge in [0.05, 0.1) is 26.0 Å². The molecule has 1 heterocycles. The summed E-state index contributed by atoms with van der Waals surface area (Å²) in [4.78, 5) is 4.66. The average molecular weight is 329 g/mol. The zero-order valence-corrected chi connectivity index (χ0v) is 14.9. The van der Waals surface area contributed by atoms with Crippen molar-refractivity contribution >= 4 is 0 Å². The first-order chi connectivity index (χ1) is 11.8. The Hall–Kier alpha value is -2.23. The van der Waals surface area contributed by atoms with Crippen LogP contribution < -0.4 is 14.2 Å². The SMILES string of the molecule is CCCCOc1ccc(-c2ccc(OC)cc2)nc1OCCCC. The molecular weight excluding hydrogens is 302 g/mol. The van der Waals surface area contributed by atoms with Crippen LogP contribution in [0.15, 0.2) is 36.4 Å². The van der Waals surface area contributed by atoms with E-state index in [1.54, 1.807) is 7.11 Å². The lowest BCUT2D eigenvalue weighted by Crippen LogP contribution is -2.04. The van der Waals surface area contributed by atoms with Crippen LogP contribution >= 0.6 is 0 Å². The van der Waals surface area contributed by atoms with E-state index in [0.29, 0.717) is 19.1 Å². The Morgan fingerprint density at radius 2 is 1.50 bits per heavy atom. The van der Waals surface area contributed by atoms with Crippen LogP contribution in [0.5, 0.6) is 17.4 Å². The standard InChI is InChI=1S/C20H27NO3/c1-4-6-14-23-19-13-12-18(21-20(19)24-15-7-5-2)16-8-10-17(22-3)11-9-16/h8-13H,4-7,14-15H2,1-3H3. The molecule has 0 saturated heterocycles. The summed E-state index contributed by atoms with van der Waals surface area (Å²) < 4.78 is 16.9. The normalized spacial score (nSPS) is 10.5. The number of hydrogen-bond donors (Lipinski definition) is 0. The Morgan fingerprint density at radius 1 is 0.833 bits per heavy atom. The lowest BCUT2D eigenvalue weighted by Gasteiger charge is -2.13. The maximum absolute atomic E-state index is 5.85. The number of benzene rings is 1. The number of ether oxygens (including phenoxy) is 3. The summed E-state index contributed by atoms with van der Waals surface area (Å²) in [6.45, 7) is 5.63. The van der Waals surface area contributed by atoms with Crippen LogP contribution in [-0.4, -0.2) is 25.3 Å². The first-order valence-electron chi connectivity index (χ1n) is 8.69. The topological polar surface area (TPSA) is 40.6 Å². The smallest absolute Gasteiger partial charge is 0.257 e. The molecule has 0 aliphatic rings. The van der Waals surface area contributed by atoms with Crippen LogP contribution in [0.3, 0.4) is 0 Å². The van der Waals surface area contributed by atoms with Gasteiger partial charge in [-0.2, -0.15) is 0 Å². The molecule has 0 aliphatic carbocycles. The van der Waals surface area contributed by atoms with Crippen molar-refractivity contribution in [3.8, 4) is 28.6 Å². The molecule has 0 N–H and O–H groups in total. The predicted octanol–water partition coefficient (Wildman–Crippen LogP) is 5.12. The first-order valence-corrected chi connectivity index (χ1v) is 8.69. The Labute approximate surface area is 144 Å². The molecule has 130 valence electrons. The second-order valence-corrected chi connectivity index (χ2v) is 5.63. The van der Waals surface area contributed by atoms with Gasteiger partial charge in [-0.15, -0.1) is 0 Å². The lowest BCUT2D eigenvalue weighted by molar-refractivity contribution is 0.253. The van der Waals surface area contributed by atoms with Gasteiger partial charge in [-0.1, -0.05) is 26.7 Å². The Kier molecular flexibility index (Phi) is 7.40. The number of aromatic nitrogens is 1. The molecule has 0 atom stereocenters. The monoisotopic (exact) mass is 329 g/mol. The minimum Gasteiger partial charge on any atom is -0.497 e. The van der Waals surface area contributed by atoms with E-state index in [0.717, 1.165) is 48.4 Å². The van der Waals surface area contributed by atoms with Crippen LogP contribution in [-0.2, 0) is 0 Å². The fourth-order valence-electron chi connectivity index (χ4n) is 2.20. The van der Waals surface area contributed by atoms with E-state index < -0.39 is 0 Å². The van der Waals surface area contributed by atoms with Gasteiger partial charge < -0.3 is 14.2 Å². The molecule has 2 aromatic rings. The molecule has 0 amide bonds. The highest BCUT2D eigenvalue weighted by Gasteiger charge is 2.10. The second-order valence-electron chi connectivity index (χ2n) is 5.63. The third-order valence-corrected chi connectivity index (χ3v) is 3.70. The zero-order valence-electron chi connectivity index (χ0n) is 14.9. The van der Waals surface area contributed by atoms with E-state index in [-0.39, 0.29) is 0 Å². The molecule has 0 fully saturated rings. The van der Waals surface area contributed by atoms with Gasteiger partial charge in [0.2, 0.25) is 0 Å². The van der Waals surface area contributed by atoms with Crippen LogP contribution in [0.1, 0.15) is 39.5 Å². The zero-order chi connectivity index (χ0) is 17.2. The molecular formula is C20H27NO3. The number of nitrogens with zero attached hydrogens (tertiary/aromatic N) is 1. The minimum atomic E-state index is 0.577. The number of hydrogen-bond acceptors (Lipinski definition) is 4. The maximum atomic E-state index is 5.85. The largest absolute Gasteiger partial charge is 0.497 e. The third-order valence-electron chi connectivity index (χ3n) is 3.70. The molecule has 1 aromatic heterocycles. The Bertz CT molecular complexity index is 611. The molecule has 2 rings (SSSR count). The number of pyridine rings is 1. The van der Waals surface area contributed by atoms with Crippen LogP contribution in [0.25, 0.3) is 11.3 Å². The quantitative estimate of drug-likeness (QED) is 0.568.